The third kappa shape index (κ3) is 23.1. The van der Waals surface area contributed by atoms with Crippen LogP contribution in [0.4, 0.5) is 48.1 Å². The van der Waals surface area contributed by atoms with E-state index in [1.165, 1.54) is 85.7 Å². The van der Waals surface area contributed by atoms with Gasteiger partial charge in [0.1, 0.15) is 62.5 Å². The zero-order valence-corrected chi connectivity index (χ0v) is 83.5. The van der Waals surface area contributed by atoms with E-state index in [1.807, 2.05) is 101 Å². The number of piperidine rings is 2. The molecule has 10 aromatic heterocycles. The van der Waals surface area contributed by atoms with Crippen LogP contribution >= 0.6 is 0 Å². The molecule has 5 aromatic carbocycles. The molecular weight excluding hydrogens is 1880 g/mol. The van der Waals surface area contributed by atoms with Crippen molar-refractivity contribution in [3.8, 4) is 56.5 Å². The van der Waals surface area contributed by atoms with Gasteiger partial charge < -0.3 is 73.3 Å². The Bertz CT molecular complexity index is 7720. The molecule has 12 heterocycles. The number of anilines is 6. The fraction of sp³-hybridized carbons (Fsp3) is 0.300. The van der Waals surface area contributed by atoms with Gasteiger partial charge in [-0.15, -0.1) is 0 Å². The molecule has 4 aliphatic carbocycles. The van der Waals surface area contributed by atoms with Gasteiger partial charge in [-0.05, 0) is 226 Å². The molecule has 37 heteroatoms. The first-order chi connectivity index (χ1) is 70.3. The predicted molar refractivity (Wildman–Crippen MR) is 555 cm³/mol. The summed E-state index contributed by atoms with van der Waals surface area (Å²) < 4.78 is 56.4. The van der Waals surface area contributed by atoms with E-state index in [4.69, 9.17) is 53.5 Å². The largest absolute Gasteiger partial charge is 0.478 e. The number of aromatic carboxylic acids is 2. The molecule has 0 saturated carbocycles. The van der Waals surface area contributed by atoms with Gasteiger partial charge in [-0.1, -0.05) is 50.2 Å². The Labute approximate surface area is 843 Å². The first-order valence-corrected chi connectivity index (χ1v) is 48.3. The minimum atomic E-state index is -1.18. The molecule has 2 fully saturated rings. The summed E-state index contributed by atoms with van der Waals surface area (Å²) in [7, 11) is 7.70. The Hall–Kier alpha value is -17.0. The van der Waals surface area contributed by atoms with Crippen molar-refractivity contribution in [2.75, 3.05) is 83.8 Å². The van der Waals surface area contributed by atoms with Gasteiger partial charge in [0.25, 0.3) is 0 Å². The Kier molecular flexibility index (Phi) is 30.8. The summed E-state index contributed by atoms with van der Waals surface area (Å²) in [6.07, 6.45) is 18.1. The summed E-state index contributed by atoms with van der Waals surface area (Å²) >= 11 is 0. The molecule has 0 spiro atoms. The van der Waals surface area contributed by atoms with Gasteiger partial charge in [0.2, 0.25) is 22.9 Å². The fourth-order valence-electron chi connectivity index (χ4n) is 17.1. The van der Waals surface area contributed by atoms with E-state index in [-0.39, 0.29) is 82.5 Å². The molecule has 6 aliphatic rings. The summed E-state index contributed by atoms with van der Waals surface area (Å²) in [4.78, 5) is 140. The quantitative estimate of drug-likeness (QED) is 0.0367. The molecule has 6 N–H and O–H groups in total. The Morgan fingerprint density at radius 1 is 0.340 bits per heavy atom. The second-order valence-corrected chi connectivity index (χ2v) is 37.7. The number of carbonyl (C=O) groups is 6. The number of fused-ring (bicyclic) bond motifs is 8. The predicted octanol–water partition coefficient (Wildman–Crippen LogP) is 20.4. The van der Waals surface area contributed by atoms with Crippen LogP contribution in [0.3, 0.4) is 0 Å². The van der Waals surface area contributed by atoms with E-state index >= 15 is 0 Å². The van der Waals surface area contributed by atoms with Crippen LogP contribution in [0.1, 0.15) is 186 Å². The summed E-state index contributed by atoms with van der Waals surface area (Å²) in [5.74, 6) is -2.47. The van der Waals surface area contributed by atoms with Crippen molar-refractivity contribution in [2.45, 2.75) is 164 Å². The highest BCUT2D eigenvalue weighted by Gasteiger charge is 2.34. The van der Waals surface area contributed by atoms with Crippen LogP contribution in [0.5, 0.6) is 0 Å². The third-order valence-electron chi connectivity index (χ3n) is 26.0. The number of rotatable bonds is 22. The minimum Gasteiger partial charge on any atom is -0.478 e. The van der Waals surface area contributed by atoms with Gasteiger partial charge in [0, 0.05) is 179 Å². The maximum Gasteiger partial charge on any atom is 0.371 e. The SMILES string of the molecule is CC(C)N(C)c1nc2c(nc1-c1cc3cc(F)ccc3o1)C=C(C(=O)O)C2.CC(C)N(C)c1nc2c(nc1-c1ccc3ccccc3c1)C=C(C(=O)O)C2.CC(C)N(C)c1nc2c(nc1-c1cccnc1)C=C(C(=O)O)C2.CC(C)N(C)c1nc2oc(C(=O)O)cc2nc1-c1ccc(F)cc1.CC(C)c1nc2c(nc1N1CCCCC1)CC(C(=O)O)=C2.O=C(O)c1cc2nc(-c3ccc(F)cc3)c(N3CCCCC3)nc2o1. The van der Waals surface area contributed by atoms with E-state index in [1.54, 1.807) is 67.0 Å². The smallest absolute Gasteiger partial charge is 0.371 e. The van der Waals surface area contributed by atoms with Crippen molar-refractivity contribution in [3.63, 3.8) is 0 Å². The Morgan fingerprint density at radius 3 is 1.18 bits per heavy atom. The molecule has 0 radical (unpaired) electrons. The number of halogens is 3. The highest BCUT2D eigenvalue weighted by atomic mass is 19.1. The molecule has 147 heavy (non-hydrogen) atoms. The first-order valence-electron chi connectivity index (χ1n) is 48.3. The zero-order valence-electron chi connectivity index (χ0n) is 83.5. The van der Waals surface area contributed by atoms with Crippen molar-refractivity contribution in [3.05, 3.63) is 254 Å². The van der Waals surface area contributed by atoms with Crippen LogP contribution in [-0.2, 0) is 44.9 Å². The Balaban J connectivity index is 0.000000126. The highest BCUT2D eigenvalue weighted by molar-refractivity contribution is 5.99. The third-order valence-corrected chi connectivity index (χ3v) is 26.0. The van der Waals surface area contributed by atoms with E-state index in [0.717, 1.165) is 113 Å². The summed E-state index contributed by atoms with van der Waals surface area (Å²) in [6, 6.07) is 39.7. The lowest BCUT2D eigenvalue weighted by Gasteiger charge is -2.30. The van der Waals surface area contributed by atoms with Gasteiger partial charge in [-0.3, -0.25) is 4.98 Å². The second kappa shape index (κ2) is 44.1. The molecule has 21 rings (SSSR count). The molecular formula is C110H110F3N19O15. The van der Waals surface area contributed by atoms with E-state index in [9.17, 15) is 57.3 Å². The number of benzene rings is 5. The molecule has 2 aliphatic heterocycles. The lowest BCUT2D eigenvalue weighted by atomic mass is 10.0. The molecule has 15 aromatic rings. The number of pyridine rings is 1. The van der Waals surface area contributed by atoms with Gasteiger partial charge in [0.05, 0.1) is 51.2 Å². The van der Waals surface area contributed by atoms with E-state index in [2.05, 4.69) is 120 Å². The van der Waals surface area contributed by atoms with E-state index in [0.29, 0.717) is 132 Å². The summed E-state index contributed by atoms with van der Waals surface area (Å²) in [5.41, 5.74) is 15.7. The second-order valence-electron chi connectivity index (χ2n) is 37.7. The number of aromatic nitrogens is 13. The van der Waals surface area contributed by atoms with Gasteiger partial charge in [0.15, 0.2) is 40.7 Å². The molecule has 756 valence electrons. The molecule has 2 saturated heterocycles. The van der Waals surface area contributed by atoms with Crippen molar-refractivity contribution >= 4 is 139 Å². The topological polar surface area (TPSA) is 450 Å². The van der Waals surface area contributed by atoms with Crippen molar-refractivity contribution < 1.29 is 85.8 Å². The van der Waals surface area contributed by atoms with Crippen molar-refractivity contribution in [1.29, 1.82) is 0 Å². The van der Waals surface area contributed by atoms with Crippen LogP contribution in [0, 0.1) is 17.5 Å². The summed E-state index contributed by atoms with van der Waals surface area (Å²) in [5, 5.41) is 58.1. The van der Waals surface area contributed by atoms with Gasteiger partial charge in [-0.25, -0.2) is 91.8 Å². The van der Waals surface area contributed by atoms with Crippen LogP contribution < -0.4 is 29.4 Å². The van der Waals surface area contributed by atoms with E-state index < -0.39 is 35.8 Å². The van der Waals surface area contributed by atoms with Crippen LogP contribution in [0.25, 0.3) is 125 Å². The maximum atomic E-state index is 13.5. The summed E-state index contributed by atoms with van der Waals surface area (Å²) in [6.45, 7) is 24.3. The lowest BCUT2D eigenvalue weighted by Crippen LogP contribution is -2.32. The van der Waals surface area contributed by atoms with Crippen LogP contribution in [-0.4, -0.2) is 210 Å². The number of carboxylic acids is 6. The zero-order chi connectivity index (χ0) is 105. The molecule has 34 nitrogen and oxygen atoms in total. The molecule has 0 atom stereocenters. The number of furan rings is 3. The number of nitrogens with zero attached hydrogens (tertiary/aromatic N) is 19. The standard InChI is InChI=1S/C22H21N3O2.C20H18FN3O3.C18H16FN3O3.C17H16FN3O3.C17H18N4O2.C16H21N3O2/c1-13(2)25(3)21-20(16-9-8-14-6-4-5-7-15(14)10-16)23-18-11-17(22(26)27)12-19(18)24-21;1-10(2)24(3)19-18(17-9-11-6-13(21)4-5-16(11)27-17)22-14-7-12(20(25)26)8-15(14)23-19;19-12-6-4-11(5-7-12)15-16(22-8-2-1-3-9-22)21-17-13(20-15)10-14(25-17)18(23)24;1-9(2)21(3)15-14(10-4-6-11(18)7-5-10)19-12-8-13(17(22)23)24-16(12)20-15;1-10(2)21(3)16-15(11-5-4-6-18-9-11)19-13-7-12(17(22)23)8-14(13)20-16;1-10(2)14-15(19-6-4-3-5-7-19)18-13-9-11(16(20)21)8-12(13)17-14/h4-11,13H,12H2,1-3H3,(H,26,27);4-7,9-10H,8H2,1-3H3,(H,25,26);4-7,10H,1-3,8-9H2,(H,23,24);4-9H,1-3H3,(H,22,23);4-7,9-10H,8H2,1-3H3,(H,22,23);8,10H,3-7,9H2,1-2H3,(H,20,21). The lowest BCUT2D eigenvalue weighted by molar-refractivity contribution is -0.133. The number of carboxylic acid groups (broad SMARTS) is 6. The van der Waals surface area contributed by atoms with Gasteiger partial charge in [-0.2, -0.15) is 9.97 Å². The molecule has 0 bridgehead atoms. The van der Waals surface area contributed by atoms with Gasteiger partial charge >= 0.3 is 35.8 Å². The van der Waals surface area contributed by atoms with Crippen LogP contribution in [0.2, 0.25) is 0 Å². The number of hydrogen-bond acceptors (Lipinski definition) is 28. The Morgan fingerprint density at radius 2 is 0.735 bits per heavy atom. The highest BCUT2D eigenvalue weighted by Crippen LogP contribution is 2.42. The van der Waals surface area contributed by atoms with Crippen molar-refractivity contribution in [1.82, 2.24) is 64.8 Å². The van der Waals surface area contributed by atoms with Crippen LogP contribution in [0.15, 0.2) is 187 Å². The fourth-order valence-corrected chi connectivity index (χ4v) is 17.1. The molecule has 0 amide bonds. The average molecular weight is 2000 g/mol. The maximum absolute atomic E-state index is 13.5. The minimum absolute atomic E-state index is 0.129. The van der Waals surface area contributed by atoms with Crippen molar-refractivity contribution in [2.24, 2.45) is 0 Å². The molecule has 0 unspecified atom stereocenters. The normalized spacial score (nSPS) is 13.7. The first kappa shape index (κ1) is 103. The monoisotopic (exact) mass is 1990 g/mol. The number of aliphatic carboxylic acids is 4. The average Bonchev–Trinajstić information content (AvgIpc) is 1.65. The number of hydrogen-bond donors (Lipinski definition) is 6.